The van der Waals surface area contributed by atoms with Crippen LogP contribution in [0, 0.1) is 11.6 Å². The van der Waals surface area contributed by atoms with Crippen molar-refractivity contribution in [2.24, 2.45) is 0 Å². The largest absolute Gasteiger partial charge is 0.488 e. The van der Waals surface area contributed by atoms with Crippen LogP contribution in [0.25, 0.3) is 0 Å². The summed E-state index contributed by atoms with van der Waals surface area (Å²) in [4.78, 5) is 22.5. The monoisotopic (exact) mass is 319 g/mol. The maximum atomic E-state index is 13.7. The van der Waals surface area contributed by atoms with E-state index in [1.54, 1.807) is 24.3 Å². The van der Waals surface area contributed by atoms with E-state index in [-0.39, 0.29) is 23.8 Å². The van der Waals surface area contributed by atoms with Crippen LogP contribution in [0.2, 0.25) is 0 Å². The van der Waals surface area contributed by atoms with Crippen molar-refractivity contribution >= 4 is 17.4 Å². The maximum absolute atomic E-state index is 13.7. The molecule has 1 amide bonds. The van der Waals surface area contributed by atoms with Crippen molar-refractivity contribution < 1.29 is 23.1 Å². The smallest absolute Gasteiger partial charge is 0.221 e. The van der Waals surface area contributed by atoms with Crippen LogP contribution in [0.15, 0.2) is 36.4 Å². The number of hydrogen-bond acceptors (Lipinski definition) is 3. The summed E-state index contributed by atoms with van der Waals surface area (Å²) in [6.45, 7) is 2.56. The first-order valence-electron chi connectivity index (χ1n) is 6.86. The molecule has 0 aromatic heterocycles. The van der Waals surface area contributed by atoms with Crippen molar-refractivity contribution in [1.82, 2.24) is 0 Å². The molecule has 0 aliphatic carbocycles. The lowest BCUT2D eigenvalue weighted by atomic mass is 10.1. The second-order valence-corrected chi connectivity index (χ2v) is 4.99. The van der Waals surface area contributed by atoms with Gasteiger partial charge in [-0.15, -0.1) is 0 Å². The molecule has 120 valence electrons. The van der Waals surface area contributed by atoms with Gasteiger partial charge in [0.05, 0.1) is 5.56 Å². The zero-order valence-electron chi connectivity index (χ0n) is 12.7. The molecular weight excluding hydrogens is 304 g/mol. The summed E-state index contributed by atoms with van der Waals surface area (Å²) in [7, 11) is 0. The molecule has 0 fully saturated rings. The van der Waals surface area contributed by atoms with E-state index < -0.39 is 17.4 Å². The van der Waals surface area contributed by atoms with Crippen molar-refractivity contribution in [3.8, 4) is 5.75 Å². The van der Waals surface area contributed by atoms with E-state index >= 15 is 0 Å². The molecular formula is C17H15F2NO3. The van der Waals surface area contributed by atoms with Crippen LogP contribution in [-0.4, -0.2) is 11.7 Å². The SMILES string of the molecule is CC(=O)Nc1cccc(COc2cc(F)cc(F)c2C(C)=O)c1. The summed E-state index contributed by atoms with van der Waals surface area (Å²) in [5, 5.41) is 2.62. The molecule has 23 heavy (non-hydrogen) atoms. The van der Waals surface area contributed by atoms with E-state index in [1.807, 2.05) is 0 Å². The number of benzene rings is 2. The van der Waals surface area contributed by atoms with Gasteiger partial charge >= 0.3 is 0 Å². The van der Waals surface area contributed by atoms with Crippen LogP contribution in [0.3, 0.4) is 0 Å². The van der Waals surface area contributed by atoms with Gasteiger partial charge in [-0.3, -0.25) is 9.59 Å². The average molecular weight is 319 g/mol. The van der Waals surface area contributed by atoms with Crippen LogP contribution in [-0.2, 0) is 11.4 Å². The van der Waals surface area contributed by atoms with E-state index in [1.165, 1.54) is 13.8 Å². The second-order valence-electron chi connectivity index (χ2n) is 4.99. The van der Waals surface area contributed by atoms with Gasteiger partial charge in [0.15, 0.2) is 5.78 Å². The summed E-state index contributed by atoms with van der Waals surface area (Å²) < 4.78 is 32.4. The van der Waals surface area contributed by atoms with Crippen molar-refractivity contribution in [3.63, 3.8) is 0 Å². The first-order chi connectivity index (χ1) is 10.9. The topological polar surface area (TPSA) is 55.4 Å². The molecule has 0 atom stereocenters. The Morgan fingerprint density at radius 1 is 1.13 bits per heavy atom. The fourth-order valence-electron chi connectivity index (χ4n) is 2.11. The van der Waals surface area contributed by atoms with Crippen molar-refractivity contribution in [2.75, 3.05) is 5.32 Å². The fourth-order valence-corrected chi connectivity index (χ4v) is 2.11. The van der Waals surface area contributed by atoms with E-state index in [9.17, 15) is 18.4 Å². The molecule has 2 aromatic carbocycles. The lowest BCUT2D eigenvalue weighted by Crippen LogP contribution is -2.07. The second kappa shape index (κ2) is 7.00. The van der Waals surface area contributed by atoms with Gasteiger partial charge < -0.3 is 10.1 Å². The van der Waals surface area contributed by atoms with Gasteiger partial charge in [-0.2, -0.15) is 0 Å². The van der Waals surface area contributed by atoms with Crippen molar-refractivity contribution in [3.05, 3.63) is 59.2 Å². The molecule has 0 unspecified atom stereocenters. The summed E-state index contributed by atoms with van der Waals surface area (Å²) in [5.41, 5.74) is 0.968. The molecule has 0 saturated carbocycles. The average Bonchev–Trinajstić information content (AvgIpc) is 2.43. The Labute approximate surface area is 132 Å². The van der Waals surface area contributed by atoms with E-state index in [0.29, 0.717) is 17.3 Å². The summed E-state index contributed by atoms with van der Waals surface area (Å²) in [6.07, 6.45) is 0. The predicted octanol–water partition coefficient (Wildman–Crippen LogP) is 3.70. The van der Waals surface area contributed by atoms with Gasteiger partial charge in [0, 0.05) is 24.7 Å². The minimum Gasteiger partial charge on any atom is -0.488 e. The van der Waals surface area contributed by atoms with Gasteiger partial charge in [-0.1, -0.05) is 12.1 Å². The molecule has 0 bridgehead atoms. The Morgan fingerprint density at radius 3 is 2.52 bits per heavy atom. The molecule has 0 heterocycles. The van der Waals surface area contributed by atoms with Gasteiger partial charge in [0.2, 0.25) is 5.91 Å². The molecule has 2 aromatic rings. The van der Waals surface area contributed by atoms with E-state index in [2.05, 4.69) is 5.32 Å². The fraction of sp³-hybridized carbons (Fsp3) is 0.176. The summed E-state index contributed by atoms with van der Waals surface area (Å²) >= 11 is 0. The third kappa shape index (κ3) is 4.35. The third-order valence-electron chi connectivity index (χ3n) is 3.01. The highest BCUT2D eigenvalue weighted by Gasteiger charge is 2.16. The van der Waals surface area contributed by atoms with Crippen LogP contribution in [0.1, 0.15) is 29.8 Å². The molecule has 2 rings (SSSR count). The molecule has 6 heteroatoms. The van der Waals surface area contributed by atoms with Crippen LogP contribution in [0.4, 0.5) is 14.5 Å². The first-order valence-corrected chi connectivity index (χ1v) is 6.86. The molecule has 1 N–H and O–H groups in total. The first kappa shape index (κ1) is 16.6. The highest BCUT2D eigenvalue weighted by molar-refractivity contribution is 5.97. The number of anilines is 1. The molecule has 0 radical (unpaired) electrons. The number of Topliss-reactive ketones (excluding diaryl/α,β-unsaturated/α-hetero) is 1. The quantitative estimate of drug-likeness (QED) is 0.855. The van der Waals surface area contributed by atoms with Crippen molar-refractivity contribution in [2.45, 2.75) is 20.5 Å². The standard InChI is InChI=1S/C17H15F2NO3/c1-10(21)17-15(19)7-13(18)8-16(17)23-9-12-4-3-5-14(6-12)20-11(2)22/h3-8H,9H2,1-2H3,(H,20,22). The van der Waals surface area contributed by atoms with Gasteiger partial charge in [-0.05, 0) is 24.6 Å². The number of rotatable bonds is 5. The number of nitrogens with one attached hydrogen (secondary N) is 1. The molecule has 0 aliphatic heterocycles. The Bertz CT molecular complexity index is 759. The molecule has 4 nitrogen and oxygen atoms in total. The summed E-state index contributed by atoms with van der Waals surface area (Å²) in [6, 6.07) is 8.42. The van der Waals surface area contributed by atoms with Crippen LogP contribution < -0.4 is 10.1 Å². The Balaban J connectivity index is 2.21. The highest BCUT2D eigenvalue weighted by atomic mass is 19.1. The highest BCUT2D eigenvalue weighted by Crippen LogP contribution is 2.25. The number of ketones is 1. The zero-order chi connectivity index (χ0) is 17.0. The Kier molecular flexibility index (Phi) is 5.05. The Morgan fingerprint density at radius 2 is 1.87 bits per heavy atom. The van der Waals surface area contributed by atoms with Crippen LogP contribution in [0.5, 0.6) is 5.75 Å². The number of carbonyl (C=O) groups excluding carboxylic acids is 2. The van der Waals surface area contributed by atoms with Gasteiger partial charge in [-0.25, -0.2) is 8.78 Å². The van der Waals surface area contributed by atoms with Gasteiger partial charge in [0.25, 0.3) is 0 Å². The minimum atomic E-state index is -0.959. The lowest BCUT2D eigenvalue weighted by Gasteiger charge is -2.12. The number of hydrogen-bond donors (Lipinski definition) is 1. The third-order valence-corrected chi connectivity index (χ3v) is 3.01. The maximum Gasteiger partial charge on any atom is 0.221 e. The van der Waals surface area contributed by atoms with E-state index in [4.69, 9.17) is 4.74 Å². The lowest BCUT2D eigenvalue weighted by molar-refractivity contribution is -0.114. The van der Waals surface area contributed by atoms with E-state index in [0.717, 1.165) is 6.07 Å². The predicted molar refractivity (Wildman–Crippen MR) is 81.4 cm³/mol. The molecule has 0 saturated heterocycles. The summed E-state index contributed by atoms with van der Waals surface area (Å²) in [5.74, 6) is -2.70. The number of halogens is 2. The number of ether oxygens (including phenoxy) is 1. The van der Waals surface area contributed by atoms with Gasteiger partial charge in [0.1, 0.15) is 24.0 Å². The number of carbonyl (C=O) groups is 2. The van der Waals surface area contributed by atoms with Crippen molar-refractivity contribution in [1.29, 1.82) is 0 Å². The van der Waals surface area contributed by atoms with Crippen LogP contribution >= 0.6 is 0 Å². The minimum absolute atomic E-state index is 0.00337. The Hall–Kier alpha value is -2.76. The normalized spacial score (nSPS) is 10.3. The zero-order valence-corrected chi connectivity index (χ0v) is 12.7. The number of amides is 1. The molecule has 0 aliphatic rings. The molecule has 0 spiro atoms.